The smallest absolute Gasteiger partial charge is 0.248 e. The normalized spacial score (nSPS) is 11.1. The molecule has 0 bridgehead atoms. The zero-order valence-corrected chi connectivity index (χ0v) is 18.7. The first-order valence-corrected chi connectivity index (χ1v) is 11.0. The van der Waals surface area contributed by atoms with Gasteiger partial charge in [-0.1, -0.05) is 36.4 Å². The van der Waals surface area contributed by atoms with Crippen LogP contribution in [0.2, 0.25) is 0 Å². The van der Waals surface area contributed by atoms with Gasteiger partial charge in [-0.25, -0.2) is 4.98 Å². The van der Waals surface area contributed by atoms with E-state index in [1.807, 2.05) is 98.2 Å². The molecule has 2 heterocycles. The van der Waals surface area contributed by atoms with Gasteiger partial charge in [0.1, 0.15) is 11.5 Å². The number of carbonyl (C=O) groups excluding carboxylic acids is 1. The molecule has 0 radical (unpaired) electrons. The Morgan fingerprint density at radius 1 is 0.882 bits per heavy atom. The molecule has 3 aromatic carbocycles. The number of nitrogens with one attached hydrogen (secondary N) is 1. The van der Waals surface area contributed by atoms with Crippen LogP contribution in [0.5, 0.6) is 11.5 Å². The van der Waals surface area contributed by atoms with Crippen molar-refractivity contribution in [1.29, 1.82) is 0 Å². The van der Waals surface area contributed by atoms with Gasteiger partial charge >= 0.3 is 0 Å². The van der Waals surface area contributed by atoms with Crippen LogP contribution >= 0.6 is 0 Å². The number of carbonyl (C=O) groups is 1. The maximum Gasteiger partial charge on any atom is 0.248 e. The molecule has 0 aliphatic heterocycles. The number of allylic oxidation sites excluding steroid dienone is 1. The van der Waals surface area contributed by atoms with Crippen molar-refractivity contribution in [1.82, 2.24) is 9.38 Å². The first-order chi connectivity index (χ1) is 16.7. The molecule has 2 aromatic heterocycles. The largest absolute Gasteiger partial charge is 0.457 e. The lowest BCUT2D eigenvalue weighted by molar-refractivity contribution is -0.111. The van der Waals surface area contributed by atoms with Crippen LogP contribution in [0.25, 0.3) is 27.9 Å². The number of para-hydroxylation sites is 1. The predicted octanol–water partition coefficient (Wildman–Crippen LogP) is 6.98. The summed E-state index contributed by atoms with van der Waals surface area (Å²) in [6.45, 7) is 1.82. The Hall–Kier alpha value is -4.64. The second kappa shape index (κ2) is 9.46. The first-order valence-electron chi connectivity index (χ1n) is 11.0. The molecule has 34 heavy (non-hydrogen) atoms. The molecule has 0 unspecified atom stereocenters. The van der Waals surface area contributed by atoms with Crippen molar-refractivity contribution < 1.29 is 9.53 Å². The second-order valence-electron chi connectivity index (χ2n) is 7.79. The summed E-state index contributed by atoms with van der Waals surface area (Å²) in [7, 11) is 0. The summed E-state index contributed by atoms with van der Waals surface area (Å²) >= 11 is 0. The van der Waals surface area contributed by atoms with E-state index in [1.165, 1.54) is 6.08 Å². The molecule has 0 saturated carbocycles. The van der Waals surface area contributed by atoms with Crippen molar-refractivity contribution in [3.05, 3.63) is 116 Å². The van der Waals surface area contributed by atoms with Crippen molar-refractivity contribution in [2.75, 3.05) is 5.32 Å². The second-order valence-corrected chi connectivity index (χ2v) is 7.79. The van der Waals surface area contributed by atoms with Gasteiger partial charge in [0.25, 0.3) is 0 Å². The van der Waals surface area contributed by atoms with Gasteiger partial charge in [-0.2, -0.15) is 0 Å². The topological polar surface area (TPSA) is 55.6 Å². The van der Waals surface area contributed by atoms with Crippen molar-refractivity contribution in [2.24, 2.45) is 0 Å². The Balaban J connectivity index is 1.50. The Labute approximate surface area is 198 Å². The average Bonchev–Trinajstić information content (AvgIpc) is 3.25. The van der Waals surface area contributed by atoms with Crippen LogP contribution in [-0.2, 0) is 4.79 Å². The summed E-state index contributed by atoms with van der Waals surface area (Å²) in [4.78, 5) is 16.3. The van der Waals surface area contributed by atoms with Crippen LogP contribution in [0, 0.1) is 0 Å². The lowest BCUT2D eigenvalue weighted by Gasteiger charge is -2.07. The molecule has 1 N–H and O–H groups in total. The molecule has 5 nitrogen and oxygen atoms in total. The summed E-state index contributed by atoms with van der Waals surface area (Å²) < 4.78 is 8.01. The van der Waals surface area contributed by atoms with Crippen molar-refractivity contribution >= 4 is 17.1 Å². The highest BCUT2D eigenvalue weighted by atomic mass is 16.5. The van der Waals surface area contributed by atoms with E-state index in [4.69, 9.17) is 4.74 Å². The zero-order valence-electron chi connectivity index (χ0n) is 18.7. The molecule has 0 spiro atoms. The number of fused-ring (bicyclic) bond motifs is 1. The van der Waals surface area contributed by atoms with E-state index in [2.05, 4.69) is 20.8 Å². The zero-order chi connectivity index (χ0) is 23.3. The number of hydrogen-bond donors (Lipinski definition) is 1. The predicted molar refractivity (Wildman–Crippen MR) is 136 cm³/mol. The Kier molecular flexibility index (Phi) is 5.91. The molecule has 0 saturated heterocycles. The summed E-state index contributed by atoms with van der Waals surface area (Å²) in [5.74, 6) is 1.43. The third kappa shape index (κ3) is 4.45. The molecule has 0 aliphatic carbocycles. The third-order valence-corrected chi connectivity index (χ3v) is 5.46. The van der Waals surface area contributed by atoms with Crippen LogP contribution in [0.15, 0.2) is 116 Å². The van der Waals surface area contributed by atoms with E-state index in [9.17, 15) is 4.79 Å². The minimum Gasteiger partial charge on any atom is -0.457 e. The van der Waals surface area contributed by atoms with E-state index < -0.39 is 0 Å². The van der Waals surface area contributed by atoms with E-state index in [0.717, 1.165) is 45.1 Å². The fourth-order valence-electron chi connectivity index (χ4n) is 3.92. The van der Waals surface area contributed by atoms with Gasteiger partial charge in [-0.05, 0) is 84.8 Å². The molecular weight excluding hydrogens is 422 g/mol. The number of anilines is 1. The van der Waals surface area contributed by atoms with E-state index in [1.54, 1.807) is 12.3 Å². The number of nitrogens with zero attached hydrogens (tertiary/aromatic N) is 2. The van der Waals surface area contributed by atoms with Gasteiger partial charge in [0, 0.05) is 17.4 Å². The lowest BCUT2D eigenvalue weighted by Crippen LogP contribution is -2.07. The fourth-order valence-corrected chi connectivity index (χ4v) is 3.92. The molecule has 0 atom stereocenters. The lowest BCUT2D eigenvalue weighted by atomic mass is 10.0. The molecule has 5 aromatic rings. The quantitative estimate of drug-likeness (QED) is 0.287. The number of amides is 1. The maximum absolute atomic E-state index is 12.0. The summed E-state index contributed by atoms with van der Waals surface area (Å²) in [6, 6.07) is 29.8. The van der Waals surface area contributed by atoms with E-state index in [-0.39, 0.29) is 5.91 Å². The molecule has 1 amide bonds. The number of rotatable bonds is 6. The molecular formula is C29H23N3O2. The average molecular weight is 446 g/mol. The Morgan fingerprint density at radius 3 is 2.47 bits per heavy atom. The highest BCUT2D eigenvalue weighted by Crippen LogP contribution is 2.34. The van der Waals surface area contributed by atoms with Crippen LogP contribution in [0.4, 0.5) is 5.69 Å². The van der Waals surface area contributed by atoms with E-state index in [0.29, 0.717) is 0 Å². The molecule has 0 fully saturated rings. The summed E-state index contributed by atoms with van der Waals surface area (Å²) in [5.41, 5.74) is 5.92. The molecule has 5 rings (SSSR count). The van der Waals surface area contributed by atoms with Crippen molar-refractivity contribution in [3.8, 4) is 33.9 Å². The monoisotopic (exact) mass is 445 g/mol. The maximum atomic E-state index is 12.0. The Bertz CT molecular complexity index is 1470. The van der Waals surface area contributed by atoms with Crippen LogP contribution in [-0.4, -0.2) is 15.3 Å². The minimum atomic E-state index is -0.149. The van der Waals surface area contributed by atoms with Gasteiger partial charge < -0.3 is 10.1 Å². The molecule has 5 heteroatoms. The van der Waals surface area contributed by atoms with Crippen LogP contribution in [0.1, 0.15) is 6.92 Å². The number of ether oxygens (including phenoxy) is 1. The number of aromatic nitrogens is 2. The molecule has 166 valence electrons. The number of benzene rings is 3. The van der Waals surface area contributed by atoms with Gasteiger partial charge in [-0.15, -0.1) is 0 Å². The van der Waals surface area contributed by atoms with Gasteiger partial charge in [0.15, 0.2) is 0 Å². The highest BCUT2D eigenvalue weighted by molar-refractivity contribution is 6.00. The first kappa shape index (κ1) is 21.2. The molecule has 0 aliphatic rings. The van der Waals surface area contributed by atoms with Crippen molar-refractivity contribution in [3.63, 3.8) is 0 Å². The minimum absolute atomic E-state index is 0.149. The van der Waals surface area contributed by atoms with Gasteiger partial charge in [0.05, 0.1) is 17.5 Å². The number of hydrogen-bond acceptors (Lipinski definition) is 3. The Morgan fingerprint density at radius 2 is 1.68 bits per heavy atom. The highest BCUT2D eigenvalue weighted by Gasteiger charge is 2.13. The van der Waals surface area contributed by atoms with E-state index >= 15 is 0 Å². The standard InChI is InChI=1S/C29H23N3O2/c1-2-7-29(33)31-23-9-6-8-22(18-23)26-19-28(32-20-30-17-16-27(26)32)21-12-14-25(15-13-21)34-24-10-4-3-5-11-24/h2-20H,1H3,(H,31,33)/b7-2+. The van der Waals surface area contributed by atoms with Gasteiger partial charge in [0.2, 0.25) is 5.91 Å². The third-order valence-electron chi connectivity index (χ3n) is 5.46. The van der Waals surface area contributed by atoms with Gasteiger partial charge in [-0.3, -0.25) is 9.20 Å². The van der Waals surface area contributed by atoms with Crippen LogP contribution in [0.3, 0.4) is 0 Å². The van der Waals surface area contributed by atoms with Crippen molar-refractivity contribution in [2.45, 2.75) is 6.92 Å². The SMILES string of the molecule is C/C=C/C(=O)Nc1cccc(-c2cc(-c3ccc(Oc4ccccc4)cc3)n3cnccc23)c1. The summed E-state index contributed by atoms with van der Waals surface area (Å²) in [5, 5.41) is 2.91. The fraction of sp³-hybridized carbons (Fsp3) is 0.0345. The summed E-state index contributed by atoms with van der Waals surface area (Å²) in [6.07, 6.45) is 6.84. The van der Waals surface area contributed by atoms with Crippen LogP contribution < -0.4 is 10.1 Å².